The van der Waals surface area contributed by atoms with Gasteiger partial charge in [-0.3, -0.25) is 9.59 Å². The molecule has 3 heterocycles. The highest BCUT2D eigenvalue weighted by atomic mass is 19.4. The van der Waals surface area contributed by atoms with Crippen molar-refractivity contribution in [1.29, 1.82) is 0 Å². The Balaban J connectivity index is 1.65. The molecule has 198 valence electrons. The molecule has 0 fully saturated rings. The number of fused-ring (bicyclic) bond motifs is 1. The van der Waals surface area contributed by atoms with Gasteiger partial charge in [-0.05, 0) is 47.9 Å². The van der Waals surface area contributed by atoms with E-state index in [1.54, 1.807) is 11.0 Å². The van der Waals surface area contributed by atoms with Crippen LogP contribution in [0.15, 0.2) is 49.2 Å². The summed E-state index contributed by atoms with van der Waals surface area (Å²) in [5, 5.41) is 7.94. The fourth-order valence-electron chi connectivity index (χ4n) is 3.86. The highest BCUT2D eigenvalue weighted by Gasteiger charge is 2.35. The molecule has 10 nitrogen and oxygen atoms in total. The van der Waals surface area contributed by atoms with Crippen molar-refractivity contribution in [3.63, 3.8) is 0 Å². The van der Waals surface area contributed by atoms with Crippen LogP contribution >= 0.6 is 0 Å². The Morgan fingerprint density at radius 1 is 1.13 bits per heavy atom. The first-order valence-corrected chi connectivity index (χ1v) is 11.4. The topological polar surface area (TPSA) is 121 Å². The van der Waals surface area contributed by atoms with E-state index in [9.17, 15) is 22.8 Å². The number of carbonyl (C=O) groups is 2. The number of amides is 2. The van der Waals surface area contributed by atoms with Crippen molar-refractivity contribution in [2.75, 3.05) is 29.6 Å². The fraction of sp³-hybridized carbons (Fsp3) is 0.240. The van der Waals surface area contributed by atoms with Gasteiger partial charge in [0.25, 0.3) is 0 Å². The van der Waals surface area contributed by atoms with Crippen molar-refractivity contribution in [2.24, 2.45) is 0 Å². The second-order valence-electron chi connectivity index (χ2n) is 8.32. The summed E-state index contributed by atoms with van der Waals surface area (Å²) in [5.41, 5.74) is 1.24. The number of methoxy groups -OCH3 is 1. The summed E-state index contributed by atoms with van der Waals surface area (Å²) < 4.78 is 46.6. The lowest BCUT2D eigenvalue weighted by Crippen LogP contribution is -2.34. The molecule has 4 rings (SSSR count). The number of alkyl halides is 3. The van der Waals surface area contributed by atoms with Crippen LogP contribution < -0.4 is 20.7 Å². The van der Waals surface area contributed by atoms with E-state index in [1.807, 2.05) is 6.07 Å². The highest BCUT2D eigenvalue weighted by Crippen LogP contribution is 2.37. The van der Waals surface area contributed by atoms with Crippen molar-refractivity contribution in [3.05, 3.63) is 65.9 Å². The molecule has 1 aromatic carbocycles. The number of rotatable bonds is 7. The first kappa shape index (κ1) is 26.4. The maximum absolute atomic E-state index is 13.7. The summed E-state index contributed by atoms with van der Waals surface area (Å²) in [7, 11) is 1.46. The number of nitrogens with zero attached hydrogens (tertiary/aromatic N) is 4. The third-order valence-electron chi connectivity index (χ3n) is 5.75. The van der Waals surface area contributed by atoms with Gasteiger partial charge in [-0.25, -0.2) is 9.97 Å². The van der Waals surface area contributed by atoms with E-state index in [-0.39, 0.29) is 23.5 Å². The molecule has 1 aliphatic heterocycles. The van der Waals surface area contributed by atoms with Crippen LogP contribution in [-0.2, 0) is 28.7 Å². The predicted molar refractivity (Wildman–Crippen MR) is 134 cm³/mol. The van der Waals surface area contributed by atoms with Crippen LogP contribution in [0.25, 0.3) is 0 Å². The summed E-state index contributed by atoms with van der Waals surface area (Å²) >= 11 is 0. The molecule has 0 unspecified atom stereocenters. The van der Waals surface area contributed by atoms with Crippen molar-refractivity contribution >= 4 is 40.9 Å². The Morgan fingerprint density at radius 2 is 1.89 bits per heavy atom. The summed E-state index contributed by atoms with van der Waals surface area (Å²) in [4.78, 5) is 37.0. The first-order chi connectivity index (χ1) is 18.1. The number of pyridine rings is 1. The monoisotopic (exact) mass is 527 g/mol. The van der Waals surface area contributed by atoms with E-state index in [2.05, 4.69) is 37.5 Å². The van der Waals surface area contributed by atoms with E-state index in [1.165, 1.54) is 32.2 Å². The SMILES string of the molecule is C=CC(=O)Nc1cccc(Nc2nc(Nc3cc4c(cc3OC)CN(C(C)=O)CC4)ncc2C(F)(F)F)n1. The highest BCUT2D eigenvalue weighted by molar-refractivity contribution is 5.98. The number of carbonyl (C=O) groups excluding carboxylic acids is 2. The van der Waals surface area contributed by atoms with Gasteiger partial charge in [0.05, 0.1) is 12.8 Å². The Kier molecular flexibility index (Phi) is 7.46. The van der Waals surface area contributed by atoms with Gasteiger partial charge < -0.3 is 25.6 Å². The quantitative estimate of drug-likeness (QED) is 0.386. The zero-order chi connectivity index (χ0) is 27.4. The molecule has 3 N–H and O–H groups in total. The molecule has 2 amide bonds. The minimum atomic E-state index is -4.75. The Bertz CT molecular complexity index is 1400. The van der Waals surface area contributed by atoms with Crippen molar-refractivity contribution < 1.29 is 27.5 Å². The molecular formula is C25H24F3N7O3. The summed E-state index contributed by atoms with van der Waals surface area (Å²) in [6.07, 6.45) is -2.43. The minimum absolute atomic E-state index is 0.0170. The van der Waals surface area contributed by atoms with Crippen LogP contribution in [0.4, 0.5) is 42.3 Å². The third-order valence-corrected chi connectivity index (χ3v) is 5.75. The normalized spacial score (nSPS) is 12.8. The Hall–Kier alpha value is -4.68. The lowest BCUT2D eigenvalue weighted by Gasteiger charge is -2.29. The predicted octanol–water partition coefficient (Wildman–Crippen LogP) is 4.42. The molecule has 0 aliphatic carbocycles. The molecule has 0 saturated heterocycles. The lowest BCUT2D eigenvalue weighted by atomic mass is 9.98. The van der Waals surface area contributed by atoms with Crippen LogP contribution in [0.5, 0.6) is 5.75 Å². The Labute approximate surface area is 216 Å². The van der Waals surface area contributed by atoms with Gasteiger partial charge in [0.1, 0.15) is 28.8 Å². The van der Waals surface area contributed by atoms with Crippen molar-refractivity contribution in [2.45, 2.75) is 26.1 Å². The van der Waals surface area contributed by atoms with Crippen LogP contribution in [-0.4, -0.2) is 45.3 Å². The average Bonchev–Trinajstić information content (AvgIpc) is 2.87. The van der Waals surface area contributed by atoms with Crippen molar-refractivity contribution in [1.82, 2.24) is 19.9 Å². The van der Waals surface area contributed by atoms with Gasteiger partial charge >= 0.3 is 6.18 Å². The van der Waals surface area contributed by atoms with Crippen LogP contribution in [0.2, 0.25) is 0 Å². The van der Waals surface area contributed by atoms with Crippen LogP contribution in [0.1, 0.15) is 23.6 Å². The smallest absolute Gasteiger partial charge is 0.421 e. The number of hydrogen-bond acceptors (Lipinski definition) is 8. The number of benzene rings is 1. The van der Waals surface area contributed by atoms with Gasteiger partial charge in [-0.15, -0.1) is 0 Å². The maximum Gasteiger partial charge on any atom is 0.421 e. The molecule has 0 atom stereocenters. The Morgan fingerprint density at radius 3 is 2.58 bits per heavy atom. The van der Waals surface area contributed by atoms with Crippen LogP contribution in [0, 0.1) is 0 Å². The zero-order valence-electron chi connectivity index (χ0n) is 20.5. The van der Waals surface area contributed by atoms with Gasteiger partial charge in [0.15, 0.2) is 0 Å². The second-order valence-corrected chi connectivity index (χ2v) is 8.32. The van der Waals surface area contributed by atoms with E-state index in [0.717, 1.165) is 17.2 Å². The lowest BCUT2D eigenvalue weighted by molar-refractivity contribution is -0.137. The largest absolute Gasteiger partial charge is 0.495 e. The first-order valence-electron chi connectivity index (χ1n) is 11.4. The van der Waals surface area contributed by atoms with E-state index in [4.69, 9.17) is 4.74 Å². The third kappa shape index (κ3) is 5.99. The maximum atomic E-state index is 13.7. The van der Waals surface area contributed by atoms with Crippen LogP contribution in [0.3, 0.4) is 0 Å². The molecule has 3 aromatic rings. The van der Waals surface area contributed by atoms with E-state index < -0.39 is 23.5 Å². The number of nitrogens with one attached hydrogen (secondary N) is 3. The minimum Gasteiger partial charge on any atom is -0.495 e. The zero-order valence-corrected chi connectivity index (χ0v) is 20.5. The van der Waals surface area contributed by atoms with E-state index >= 15 is 0 Å². The molecule has 2 aromatic heterocycles. The van der Waals surface area contributed by atoms with Gasteiger partial charge in [-0.2, -0.15) is 18.2 Å². The summed E-state index contributed by atoms with van der Waals surface area (Å²) in [5.74, 6) is -0.657. The molecule has 0 radical (unpaired) electrons. The standard InChI is InChI=1S/C25H24F3N7O3/c1-4-22(37)32-20-6-5-7-21(31-20)33-23-17(25(26,27)28)12-29-24(34-23)30-18-10-15-8-9-35(14(2)36)13-16(15)11-19(18)38-3/h4-7,10-12H,1,8-9,13H2,2-3H3,(H3,29,30,31,32,33,34,37). The molecule has 1 aliphatic rings. The number of anilines is 5. The molecule has 38 heavy (non-hydrogen) atoms. The van der Waals surface area contributed by atoms with Crippen molar-refractivity contribution in [3.8, 4) is 5.75 Å². The van der Waals surface area contributed by atoms with Gasteiger partial charge in [-0.1, -0.05) is 12.6 Å². The summed E-state index contributed by atoms with van der Waals surface area (Å²) in [6.45, 7) is 5.85. The number of hydrogen-bond donors (Lipinski definition) is 3. The average molecular weight is 528 g/mol. The fourth-order valence-corrected chi connectivity index (χ4v) is 3.86. The summed E-state index contributed by atoms with van der Waals surface area (Å²) in [6, 6.07) is 8.00. The molecule has 0 saturated carbocycles. The number of halogens is 3. The second kappa shape index (κ2) is 10.7. The van der Waals surface area contributed by atoms with Gasteiger partial charge in [0.2, 0.25) is 17.8 Å². The number of ether oxygens (including phenoxy) is 1. The molecular weight excluding hydrogens is 503 g/mol. The number of aromatic nitrogens is 3. The van der Waals surface area contributed by atoms with Gasteiger partial charge in [0, 0.05) is 26.2 Å². The molecule has 13 heteroatoms. The molecule has 0 spiro atoms. The van der Waals surface area contributed by atoms with E-state index in [0.29, 0.717) is 37.1 Å². The molecule has 0 bridgehead atoms.